The molecular weight excluding hydrogens is 268 g/mol. The van der Waals surface area contributed by atoms with Crippen LogP contribution in [0.15, 0.2) is 12.3 Å². The normalized spacial score (nSPS) is 13.0. The summed E-state index contributed by atoms with van der Waals surface area (Å²) in [5.41, 5.74) is 0. The molecule has 4 heteroatoms. The van der Waals surface area contributed by atoms with Gasteiger partial charge < -0.3 is 20.1 Å². The SMILES string of the molecule is CCCCCCC[C@@H](O)C#CC#C/C=C\OC[C@@H](O)CO. The van der Waals surface area contributed by atoms with Gasteiger partial charge in [-0.05, 0) is 24.7 Å². The van der Waals surface area contributed by atoms with Crippen LogP contribution in [-0.4, -0.2) is 40.7 Å². The van der Waals surface area contributed by atoms with Gasteiger partial charge in [-0.1, -0.05) is 44.4 Å². The molecule has 0 saturated heterocycles. The quantitative estimate of drug-likeness (QED) is 0.325. The maximum Gasteiger partial charge on any atom is 0.115 e. The smallest absolute Gasteiger partial charge is 0.115 e. The highest BCUT2D eigenvalue weighted by Gasteiger charge is 1.99. The minimum atomic E-state index is -0.880. The van der Waals surface area contributed by atoms with E-state index in [1.54, 1.807) is 0 Å². The molecule has 21 heavy (non-hydrogen) atoms. The summed E-state index contributed by atoms with van der Waals surface area (Å²) >= 11 is 0. The molecule has 2 atom stereocenters. The number of allylic oxidation sites excluding steroid dienone is 1. The Kier molecular flexibility index (Phi) is 13.9. The van der Waals surface area contributed by atoms with Crippen LogP contribution in [0.25, 0.3) is 0 Å². The van der Waals surface area contributed by atoms with Crippen molar-refractivity contribution in [3.05, 3.63) is 12.3 Å². The van der Waals surface area contributed by atoms with Gasteiger partial charge in [-0.3, -0.25) is 0 Å². The van der Waals surface area contributed by atoms with E-state index in [9.17, 15) is 5.11 Å². The van der Waals surface area contributed by atoms with Crippen LogP contribution in [0.5, 0.6) is 0 Å². The Balaban J connectivity index is 3.71. The lowest BCUT2D eigenvalue weighted by Gasteiger charge is -2.04. The molecular formula is C17H26O4. The van der Waals surface area contributed by atoms with Crippen molar-refractivity contribution in [3.8, 4) is 23.7 Å². The van der Waals surface area contributed by atoms with Crippen LogP contribution < -0.4 is 0 Å². The van der Waals surface area contributed by atoms with Gasteiger partial charge in [0.25, 0.3) is 0 Å². The van der Waals surface area contributed by atoms with Gasteiger partial charge in [-0.25, -0.2) is 0 Å². The summed E-state index contributed by atoms with van der Waals surface area (Å²) in [5.74, 6) is 10.5. The summed E-state index contributed by atoms with van der Waals surface area (Å²) < 4.78 is 4.91. The van der Waals surface area contributed by atoms with E-state index in [1.165, 1.54) is 31.6 Å². The van der Waals surface area contributed by atoms with Crippen molar-refractivity contribution in [1.29, 1.82) is 0 Å². The fraction of sp³-hybridized carbons (Fsp3) is 0.647. The second-order valence-corrected chi connectivity index (χ2v) is 4.73. The van der Waals surface area contributed by atoms with Crippen molar-refractivity contribution in [1.82, 2.24) is 0 Å². The first-order valence-electron chi connectivity index (χ1n) is 7.45. The van der Waals surface area contributed by atoms with Crippen molar-refractivity contribution in [2.75, 3.05) is 13.2 Å². The third kappa shape index (κ3) is 14.8. The standard InChI is InChI=1S/C17H26O4/c1-2-3-4-5-8-11-16(19)12-9-6-7-10-13-21-15-17(20)14-18/h10,13,16-20H,2-5,8,11,14-15H2,1H3/b13-10-/t16-,17+/m1/s1. The summed E-state index contributed by atoms with van der Waals surface area (Å²) in [5, 5.41) is 27.1. The summed E-state index contributed by atoms with van der Waals surface area (Å²) in [4.78, 5) is 0. The highest BCUT2D eigenvalue weighted by Crippen LogP contribution is 2.06. The van der Waals surface area contributed by atoms with E-state index >= 15 is 0 Å². The summed E-state index contributed by atoms with van der Waals surface area (Å²) in [6, 6.07) is 0. The van der Waals surface area contributed by atoms with Crippen LogP contribution in [0.1, 0.15) is 45.4 Å². The first-order chi connectivity index (χ1) is 10.2. The lowest BCUT2D eigenvalue weighted by molar-refractivity contribution is 0.0385. The Morgan fingerprint density at radius 1 is 1.10 bits per heavy atom. The van der Waals surface area contributed by atoms with Crippen molar-refractivity contribution in [2.24, 2.45) is 0 Å². The minimum absolute atomic E-state index is 0.0249. The summed E-state index contributed by atoms with van der Waals surface area (Å²) in [6.45, 7) is 1.87. The van der Waals surface area contributed by atoms with E-state index in [-0.39, 0.29) is 13.2 Å². The molecule has 0 bridgehead atoms. The molecule has 0 fully saturated rings. The van der Waals surface area contributed by atoms with E-state index in [0.29, 0.717) is 6.42 Å². The fourth-order valence-electron chi connectivity index (χ4n) is 1.51. The molecule has 0 amide bonds. The van der Waals surface area contributed by atoms with Gasteiger partial charge in [-0.15, -0.1) is 0 Å². The topological polar surface area (TPSA) is 69.9 Å². The number of aliphatic hydroxyl groups is 3. The second-order valence-electron chi connectivity index (χ2n) is 4.73. The molecule has 0 saturated carbocycles. The number of ether oxygens (including phenoxy) is 1. The molecule has 0 spiro atoms. The Morgan fingerprint density at radius 3 is 2.57 bits per heavy atom. The fourth-order valence-corrected chi connectivity index (χ4v) is 1.51. The van der Waals surface area contributed by atoms with E-state index < -0.39 is 12.2 Å². The van der Waals surface area contributed by atoms with Gasteiger partial charge in [0.1, 0.15) is 18.8 Å². The van der Waals surface area contributed by atoms with Gasteiger partial charge in [0.2, 0.25) is 0 Å². The monoisotopic (exact) mass is 294 g/mol. The lowest BCUT2D eigenvalue weighted by Crippen LogP contribution is -2.17. The van der Waals surface area contributed by atoms with Crippen LogP contribution in [0.2, 0.25) is 0 Å². The largest absolute Gasteiger partial charge is 0.498 e. The molecule has 0 unspecified atom stereocenters. The van der Waals surface area contributed by atoms with Gasteiger partial charge in [-0.2, -0.15) is 0 Å². The highest BCUT2D eigenvalue weighted by molar-refractivity contribution is 5.31. The molecule has 4 nitrogen and oxygen atoms in total. The molecule has 0 heterocycles. The number of rotatable bonds is 10. The molecule has 0 aliphatic heterocycles. The third-order valence-electron chi connectivity index (χ3n) is 2.70. The van der Waals surface area contributed by atoms with Crippen molar-refractivity contribution in [2.45, 2.75) is 57.7 Å². The molecule has 0 aromatic heterocycles. The van der Waals surface area contributed by atoms with Crippen molar-refractivity contribution in [3.63, 3.8) is 0 Å². The first-order valence-corrected chi connectivity index (χ1v) is 7.45. The maximum atomic E-state index is 9.60. The predicted octanol–water partition coefficient (Wildman–Crippen LogP) is 1.60. The molecule has 118 valence electrons. The van der Waals surface area contributed by atoms with Crippen LogP contribution in [-0.2, 0) is 4.74 Å². The Labute approximate surface area is 127 Å². The summed E-state index contributed by atoms with van der Waals surface area (Å²) in [7, 11) is 0. The Bertz CT molecular complexity index is 381. The zero-order chi connectivity index (χ0) is 15.8. The molecule has 0 aromatic rings. The zero-order valence-electron chi connectivity index (χ0n) is 12.7. The van der Waals surface area contributed by atoms with Crippen LogP contribution in [0.4, 0.5) is 0 Å². The lowest BCUT2D eigenvalue weighted by atomic mass is 10.1. The van der Waals surface area contributed by atoms with Crippen LogP contribution in [0, 0.1) is 23.7 Å². The first kappa shape index (κ1) is 19.5. The third-order valence-corrected chi connectivity index (χ3v) is 2.70. The highest BCUT2D eigenvalue weighted by atomic mass is 16.5. The van der Waals surface area contributed by atoms with Gasteiger partial charge in [0, 0.05) is 6.08 Å². The average Bonchev–Trinajstić information content (AvgIpc) is 2.49. The second kappa shape index (κ2) is 14.9. The van der Waals surface area contributed by atoms with E-state index in [1.807, 2.05) is 0 Å². The predicted molar refractivity (Wildman–Crippen MR) is 83.1 cm³/mol. The Hall–Kier alpha value is -1.46. The molecule has 0 rings (SSSR count). The Morgan fingerprint density at radius 2 is 1.86 bits per heavy atom. The molecule has 0 radical (unpaired) electrons. The molecule has 3 N–H and O–H groups in total. The van der Waals surface area contributed by atoms with Gasteiger partial charge in [0.05, 0.1) is 12.9 Å². The van der Waals surface area contributed by atoms with Gasteiger partial charge in [0.15, 0.2) is 0 Å². The zero-order valence-corrected chi connectivity index (χ0v) is 12.7. The van der Waals surface area contributed by atoms with Crippen LogP contribution in [0.3, 0.4) is 0 Å². The van der Waals surface area contributed by atoms with Crippen LogP contribution >= 0.6 is 0 Å². The van der Waals surface area contributed by atoms with Crippen molar-refractivity contribution < 1.29 is 20.1 Å². The molecule has 0 aliphatic carbocycles. The van der Waals surface area contributed by atoms with E-state index in [4.69, 9.17) is 14.9 Å². The number of unbranched alkanes of at least 4 members (excludes halogenated alkanes) is 4. The van der Waals surface area contributed by atoms with E-state index in [0.717, 1.165) is 12.8 Å². The number of aliphatic hydroxyl groups excluding tert-OH is 3. The van der Waals surface area contributed by atoms with Gasteiger partial charge >= 0.3 is 0 Å². The molecule has 0 aromatic carbocycles. The minimum Gasteiger partial charge on any atom is -0.498 e. The average molecular weight is 294 g/mol. The van der Waals surface area contributed by atoms with Crippen molar-refractivity contribution >= 4 is 0 Å². The number of hydrogen-bond donors (Lipinski definition) is 3. The molecule has 0 aliphatic rings. The van der Waals surface area contributed by atoms with E-state index in [2.05, 4.69) is 30.6 Å². The number of hydrogen-bond acceptors (Lipinski definition) is 4. The summed E-state index contributed by atoms with van der Waals surface area (Å²) in [6.07, 6.45) is 7.79. The maximum absolute atomic E-state index is 9.60.